The van der Waals surface area contributed by atoms with Crippen LogP contribution in [0, 0.1) is 0 Å². The smallest absolute Gasteiger partial charge is 0.401 e. The highest BCUT2D eigenvalue weighted by atomic mass is 35.5. The van der Waals surface area contributed by atoms with E-state index in [-0.39, 0.29) is 5.69 Å². The van der Waals surface area contributed by atoms with Gasteiger partial charge < -0.3 is 10.5 Å². The molecule has 2 N–H and O–H groups in total. The summed E-state index contributed by atoms with van der Waals surface area (Å²) in [5, 5.41) is -1.18. The van der Waals surface area contributed by atoms with Crippen molar-refractivity contribution in [2.24, 2.45) is 0 Å². The molecule has 1 aromatic heterocycles. The third-order valence-corrected chi connectivity index (χ3v) is 1.52. The van der Waals surface area contributed by atoms with Gasteiger partial charge in [0.2, 0.25) is 0 Å². The molecule has 15 heavy (non-hydrogen) atoms. The molecule has 0 aromatic carbocycles. The SMILES string of the molecule is Nc1ccnc(C(=O)Cl)c1OC(F)(F)F. The number of carbonyl (C=O) groups excluding carboxylic acids is 1. The molecule has 0 radical (unpaired) electrons. The van der Waals surface area contributed by atoms with E-state index in [1.54, 1.807) is 0 Å². The predicted molar refractivity (Wildman–Crippen MR) is 45.5 cm³/mol. The molecule has 0 aliphatic heterocycles. The Morgan fingerprint density at radius 2 is 2.13 bits per heavy atom. The maximum Gasteiger partial charge on any atom is 0.573 e. The van der Waals surface area contributed by atoms with Crippen LogP contribution in [0.15, 0.2) is 12.3 Å². The highest BCUT2D eigenvalue weighted by Gasteiger charge is 2.34. The van der Waals surface area contributed by atoms with E-state index in [0.717, 1.165) is 12.3 Å². The van der Waals surface area contributed by atoms with Crippen LogP contribution in [0.25, 0.3) is 0 Å². The second-order valence-electron chi connectivity index (χ2n) is 2.40. The van der Waals surface area contributed by atoms with Gasteiger partial charge in [0, 0.05) is 6.20 Å². The van der Waals surface area contributed by atoms with E-state index in [1.165, 1.54) is 0 Å². The maximum atomic E-state index is 11.9. The number of hydrogen-bond donors (Lipinski definition) is 1. The highest BCUT2D eigenvalue weighted by Crippen LogP contribution is 2.31. The summed E-state index contributed by atoms with van der Waals surface area (Å²) >= 11 is 5.00. The van der Waals surface area contributed by atoms with E-state index in [0.29, 0.717) is 0 Å². The Morgan fingerprint density at radius 1 is 1.53 bits per heavy atom. The van der Waals surface area contributed by atoms with Crippen molar-refractivity contribution in [3.8, 4) is 5.75 Å². The molecule has 0 aliphatic carbocycles. The van der Waals surface area contributed by atoms with Crippen LogP contribution in [0.4, 0.5) is 18.9 Å². The Hall–Kier alpha value is -1.50. The van der Waals surface area contributed by atoms with E-state index >= 15 is 0 Å². The highest BCUT2D eigenvalue weighted by molar-refractivity contribution is 6.67. The van der Waals surface area contributed by atoms with E-state index in [4.69, 9.17) is 17.3 Å². The first-order valence-corrected chi connectivity index (χ1v) is 3.89. The molecule has 1 heterocycles. The summed E-state index contributed by atoms with van der Waals surface area (Å²) in [4.78, 5) is 14.0. The van der Waals surface area contributed by atoms with Gasteiger partial charge in [0.1, 0.15) is 0 Å². The number of hydrogen-bond acceptors (Lipinski definition) is 4. The van der Waals surface area contributed by atoms with Crippen molar-refractivity contribution in [3.05, 3.63) is 18.0 Å². The van der Waals surface area contributed by atoms with Crippen LogP contribution in [0.5, 0.6) is 5.75 Å². The second kappa shape index (κ2) is 3.93. The molecule has 0 bridgehead atoms. The minimum absolute atomic E-state index is 0.369. The largest absolute Gasteiger partial charge is 0.573 e. The van der Waals surface area contributed by atoms with Crippen LogP contribution in [0.1, 0.15) is 10.5 Å². The first kappa shape index (κ1) is 11.6. The molecule has 1 aromatic rings. The molecule has 0 unspecified atom stereocenters. The maximum absolute atomic E-state index is 11.9. The normalized spacial score (nSPS) is 11.2. The van der Waals surface area contributed by atoms with Crippen molar-refractivity contribution < 1.29 is 22.7 Å². The van der Waals surface area contributed by atoms with E-state index < -0.39 is 23.0 Å². The number of aromatic nitrogens is 1. The Morgan fingerprint density at radius 3 is 2.60 bits per heavy atom. The third-order valence-electron chi connectivity index (χ3n) is 1.34. The molecule has 82 valence electrons. The lowest BCUT2D eigenvalue weighted by atomic mass is 10.3. The van der Waals surface area contributed by atoms with Crippen LogP contribution < -0.4 is 10.5 Å². The van der Waals surface area contributed by atoms with Gasteiger partial charge in [0.05, 0.1) is 5.69 Å². The van der Waals surface area contributed by atoms with E-state index in [2.05, 4.69) is 9.72 Å². The van der Waals surface area contributed by atoms with Gasteiger partial charge >= 0.3 is 6.36 Å². The van der Waals surface area contributed by atoms with Crippen molar-refractivity contribution in [1.82, 2.24) is 4.98 Å². The molecule has 4 nitrogen and oxygen atoms in total. The summed E-state index contributed by atoms with van der Waals surface area (Å²) in [5.41, 5.74) is 4.15. The Bertz CT molecular complexity index is 394. The van der Waals surface area contributed by atoms with Crippen molar-refractivity contribution in [1.29, 1.82) is 0 Å². The minimum Gasteiger partial charge on any atom is -0.401 e. The van der Waals surface area contributed by atoms with Crippen molar-refractivity contribution >= 4 is 22.5 Å². The zero-order chi connectivity index (χ0) is 11.6. The molecule has 0 atom stereocenters. The lowest BCUT2D eigenvalue weighted by molar-refractivity contribution is -0.274. The van der Waals surface area contributed by atoms with Gasteiger partial charge in [-0.1, -0.05) is 0 Å². The number of rotatable bonds is 2. The van der Waals surface area contributed by atoms with Gasteiger partial charge in [-0.05, 0) is 17.7 Å². The number of anilines is 1. The molecule has 0 fully saturated rings. The Labute approximate surface area is 86.8 Å². The summed E-state index contributed by atoms with van der Waals surface area (Å²) in [6.45, 7) is 0. The van der Waals surface area contributed by atoms with Gasteiger partial charge in [-0.25, -0.2) is 4.98 Å². The lowest BCUT2D eigenvalue weighted by Gasteiger charge is -2.12. The molecule has 0 spiro atoms. The van der Waals surface area contributed by atoms with Gasteiger partial charge in [0.25, 0.3) is 5.24 Å². The quantitative estimate of drug-likeness (QED) is 0.803. The number of nitrogens with two attached hydrogens (primary N) is 1. The van der Waals surface area contributed by atoms with Crippen LogP contribution in [0.2, 0.25) is 0 Å². The van der Waals surface area contributed by atoms with Gasteiger partial charge in [-0.15, -0.1) is 13.2 Å². The molecule has 8 heteroatoms. The molecular formula is C7H4ClF3N2O2. The Kier molecular flexibility index (Phi) is 3.04. The van der Waals surface area contributed by atoms with E-state index in [9.17, 15) is 18.0 Å². The standard InChI is InChI=1S/C7H4ClF3N2O2/c8-6(14)4-5(15-7(9,10)11)3(12)1-2-13-4/h1-2H,(H2,12,13). The number of nitrogen functional groups attached to an aromatic ring is 1. The zero-order valence-electron chi connectivity index (χ0n) is 7.01. The number of halogens is 4. The fourth-order valence-corrected chi connectivity index (χ4v) is 0.961. The van der Waals surface area contributed by atoms with Gasteiger partial charge in [-0.2, -0.15) is 0 Å². The fourth-order valence-electron chi connectivity index (χ4n) is 0.826. The number of pyridine rings is 1. The zero-order valence-corrected chi connectivity index (χ0v) is 7.76. The average Bonchev–Trinajstić information content (AvgIpc) is 2.05. The summed E-state index contributed by atoms with van der Waals surface area (Å²) in [7, 11) is 0. The third kappa shape index (κ3) is 2.98. The molecule has 1 rings (SSSR count). The van der Waals surface area contributed by atoms with Gasteiger partial charge in [0.15, 0.2) is 11.4 Å². The first-order valence-electron chi connectivity index (χ1n) is 3.51. The van der Waals surface area contributed by atoms with Crippen molar-refractivity contribution in [2.75, 3.05) is 5.73 Å². The summed E-state index contributed by atoms with van der Waals surface area (Å²) in [5.74, 6) is -0.884. The molecular weight excluding hydrogens is 237 g/mol. The number of nitrogens with zero attached hydrogens (tertiary/aromatic N) is 1. The predicted octanol–water partition coefficient (Wildman–Crippen LogP) is 1.94. The van der Waals surface area contributed by atoms with Crippen LogP contribution in [0.3, 0.4) is 0 Å². The second-order valence-corrected chi connectivity index (χ2v) is 2.74. The number of ether oxygens (including phenoxy) is 1. The molecule has 0 amide bonds. The summed E-state index contributed by atoms with van der Waals surface area (Å²) in [6, 6.07) is 1.06. The number of carbonyl (C=O) groups is 1. The van der Waals surface area contributed by atoms with Crippen LogP contribution in [-0.4, -0.2) is 16.6 Å². The summed E-state index contributed by atoms with van der Waals surface area (Å²) in [6.07, 6.45) is -3.91. The van der Waals surface area contributed by atoms with Crippen LogP contribution in [-0.2, 0) is 0 Å². The van der Waals surface area contributed by atoms with Crippen LogP contribution >= 0.6 is 11.6 Å². The monoisotopic (exact) mass is 240 g/mol. The number of alkyl halides is 3. The fraction of sp³-hybridized carbons (Fsp3) is 0.143. The lowest BCUT2D eigenvalue weighted by Crippen LogP contribution is -2.20. The molecule has 0 aliphatic rings. The minimum atomic E-state index is -4.96. The van der Waals surface area contributed by atoms with Crippen molar-refractivity contribution in [2.45, 2.75) is 6.36 Å². The first-order chi connectivity index (χ1) is 6.81. The Balaban J connectivity index is 3.19. The molecule has 0 saturated heterocycles. The average molecular weight is 241 g/mol. The summed E-state index contributed by atoms with van der Waals surface area (Å²) < 4.78 is 39.2. The van der Waals surface area contributed by atoms with Gasteiger partial charge in [-0.3, -0.25) is 4.79 Å². The van der Waals surface area contributed by atoms with Crippen molar-refractivity contribution in [3.63, 3.8) is 0 Å². The topological polar surface area (TPSA) is 65.2 Å². The van der Waals surface area contributed by atoms with E-state index in [1.807, 2.05) is 0 Å². The molecule has 0 saturated carbocycles.